The average Bonchev–Trinajstić information content (AvgIpc) is 2.73. The molecule has 8 heteroatoms. The van der Waals surface area contributed by atoms with E-state index in [0.717, 1.165) is 16.7 Å². The summed E-state index contributed by atoms with van der Waals surface area (Å²) < 4.78 is 0. The van der Waals surface area contributed by atoms with Crippen LogP contribution >= 0.6 is 0 Å². The summed E-state index contributed by atoms with van der Waals surface area (Å²) >= 11 is 0. The van der Waals surface area contributed by atoms with Gasteiger partial charge in [0.05, 0.1) is 6.54 Å². The van der Waals surface area contributed by atoms with Crippen LogP contribution < -0.4 is 32.7 Å². The minimum atomic E-state index is -0.379. The molecule has 8 nitrogen and oxygen atoms in total. The zero-order valence-corrected chi connectivity index (χ0v) is 17.4. The number of carbonyl (C=O) groups is 1. The minimum Gasteiger partial charge on any atom is -0.316 e. The number of nitrogens with one attached hydrogen (secondary N) is 4. The Kier molecular flexibility index (Phi) is 7.31. The van der Waals surface area contributed by atoms with Crippen molar-refractivity contribution in [3.05, 3.63) is 103 Å². The van der Waals surface area contributed by atoms with E-state index in [1.165, 1.54) is 0 Å². The highest BCUT2D eigenvalue weighted by molar-refractivity contribution is 5.77. The van der Waals surface area contributed by atoms with Gasteiger partial charge in [-0.1, -0.05) is 54.6 Å². The standard InChI is InChI=1S/C23H25N5O3/c1-28(2)15-21(29)27-24-14-18-10-8-17(9-11-18)13-20-23(31)25-19(22(30)26-20)12-16-6-4-3-5-7-16/h3-13,24H,14-15H2,1-2H3,(H,25,31)(H,26,30)(H,27,29). The van der Waals surface area contributed by atoms with Gasteiger partial charge in [-0.15, -0.1) is 0 Å². The summed E-state index contributed by atoms with van der Waals surface area (Å²) in [5, 5.41) is 0.378. The fourth-order valence-electron chi connectivity index (χ4n) is 2.88. The van der Waals surface area contributed by atoms with E-state index in [0.29, 0.717) is 13.1 Å². The zero-order valence-electron chi connectivity index (χ0n) is 17.4. The van der Waals surface area contributed by atoms with Crippen LogP contribution in [0.1, 0.15) is 16.7 Å². The smallest absolute Gasteiger partial charge is 0.272 e. The van der Waals surface area contributed by atoms with Crippen LogP contribution in [-0.4, -0.2) is 41.4 Å². The molecule has 2 aromatic carbocycles. The molecular formula is C23H25N5O3. The molecule has 0 radical (unpaired) electrons. The van der Waals surface area contributed by atoms with E-state index in [9.17, 15) is 14.4 Å². The molecule has 0 saturated heterocycles. The second-order valence-electron chi connectivity index (χ2n) is 7.32. The van der Waals surface area contributed by atoms with Crippen LogP contribution in [0.3, 0.4) is 0 Å². The molecule has 0 fully saturated rings. The topological polar surface area (TPSA) is 110 Å². The normalized spacial score (nSPS) is 12.4. The van der Waals surface area contributed by atoms with Crippen molar-refractivity contribution in [2.75, 3.05) is 20.6 Å². The molecule has 0 bridgehead atoms. The summed E-state index contributed by atoms with van der Waals surface area (Å²) in [6.45, 7) is 0.760. The van der Waals surface area contributed by atoms with Gasteiger partial charge in [0.1, 0.15) is 10.7 Å². The second-order valence-corrected chi connectivity index (χ2v) is 7.32. The number of benzene rings is 2. The van der Waals surface area contributed by atoms with Crippen molar-refractivity contribution in [1.29, 1.82) is 0 Å². The minimum absolute atomic E-state index is 0.119. The third-order valence-electron chi connectivity index (χ3n) is 4.37. The van der Waals surface area contributed by atoms with Crippen molar-refractivity contribution in [3.8, 4) is 0 Å². The molecule has 0 aliphatic heterocycles. The van der Waals surface area contributed by atoms with E-state index in [1.54, 1.807) is 17.1 Å². The quantitative estimate of drug-likeness (QED) is 0.383. The van der Waals surface area contributed by atoms with E-state index >= 15 is 0 Å². The van der Waals surface area contributed by atoms with Crippen molar-refractivity contribution >= 4 is 18.1 Å². The highest BCUT2D eigenvalue weighted by Gasteiger charge is 2.02. The van der Waals surface area contributed by atoms with Crippen LogP contribution in [0.5, 0.6) is 0 Å². The van der Waals surface area contributed by atoms with Crippen molar-refractivity contribution in [2.24, 2.45) is 0 Å². The van der Waals surface area contributed by atoms with Crippen LogP contribution in [0.4, 0.5) is 0 Å². The fourth-order valence-corrected chi connectivity index (χ4v) is 2.88. The molecule has 31 heavy (non-hydrogen) atoms. The molecule has 1 heterocycles. The summed E-state index contributed by atoms with van der Waals surface area (Å²) in [6, 6.07) is 16.7. The first-order valence-corrected chi connectivity index (χ1v) is 9.77. The summed E-state index contributed by atoms with van der Waals surface area (Å²) in [5.74, 6) is -0.119. The maximum Gasteiger partial charge on any atom is 0.272 e. The molecule has 1 aromatic heterocycles. The lowest BCUT2D eigenvalue weighted by atomic mass is 10.1. The first kappa shape index (κ1) is 21.9. The largest absolute Gasteiger partial charge is 0.316 e. The van der Waals surface area contributed by atoms with Gasteiger partial charge in [0.25, 0.3) is 11.1 Å². The molecular weight excluding hydrogens is 394 g/mol. The second kappa shape index (κ2) is 10.3. The Hall–Kier alpha value is -3.75. The molecule has 4 N–H and O–H groups in total. The van der Waals surface area contributed by atoms with Gasteiger partial charge in [-0.2, -0.15) is 0 Å². The van der Waals surface area contributed by atoms with Gasteiger partial charge in [-0.05, 0) is 42.9 Å². The SMILES string of the molecule is CN(C)CC(=O)NNCc1ccc(C=c2[nH]c(=O)c(=Cc3ccccc3)[nH]c2=O)cc1. The number of H-pyrrole nitrogens is 2. The Morgan fingerprint density at radius 3 is 1.97 bits per heavy atom. The molecule has 3 rings (SSSR count). The Labute approximate surface area is 178 Å². The third kappa shape index (κ3) is 6.63. The highest BCUT2D eigenvalue weighted by Crippen LogP contribution is 2.04. The Morgan fingerprint density at radius 2 is 1.42 bits per heavy atom. The molecule has 0 aliphatic rings. The van der Waals surface area contributed by atoms with Crippen LogP contribution in [0.25, 0.3) is 12.2 Å². The number of amides is 1. The highest BCUT2D eigenvalue weighted by atomic mass is 16.2. The summed E-state index contributed by atoms with van der Waals surface area (Å²) in [5.41, 5.74) is 7.30. The lowest BCUT2D eigenvalue weighted by molar-refractivity contribution is -0.122. The molecule has 160 valence electrons. The first-order chi connectivity index (χ1) is 14.9. The molecule has 3 aromatic rings. The maximum absolute atomic E-state index is 12.4. The predicted molar refractivity (Wildman–Crippen MR) is 120 cm³/mol. The van der Waals surface area contributed by atoms with E-state index in [1.807, 2.05) is 68.7 Å². The monoisotopic (exact) mass is 419 g/mol. The van der Waals surface area contributed by atoms with Crippen LogP contribution in [0.2, 0.25) is 0 Å². The molecule has 0 unspecified atom stereocenters. The van der Waals surface area contributed by atoms with Crippen molar-refractivity contribution in [2.45, 2.75) is 6.54 Å². The van der Waals surface area contributed by atoms with Crippen LogP contribution in [0, 0.1) is 0 Å². The number of hydrogen-bond acceptors (Lipinski definition) is 5. The van der Waals surface area contributed by atoms with E-state index < -0.39 is 0 Å². The Bertz CT molecular complexity index is 1260. The molecule has 0 atom stereocenters. The lowest BCUT2D eigenvalue weighted by Crippen LogP contribution is -2.46. The van der Waals surface area contributed by atoms with Gasteiger partial charge in [0.15, 0.2) is 0 Å². The van der Waals surface area contributed by atoms with Crippen molar-refractivity contribution in [3.63, 3.8) is 0 Å². The van der Waals surface area contributed by atoms with E-state index in [2.05, 4.69) is 20.8 Å². The third-order valence-corrected chi connectivity index (χ3v) is 4.37. The number of likely N-dealkylation sites (N-methyl/N-ethyl adjacent to an activating group) is 1. The molecule has 0 spiro atoms. The fraction of sp³-hybridized carbons (Fsp3) is 0.174. The number of nitrogens with zero attached hydrogens (tertiary/aromatic N) is 1. The number of hydrazine groups is 1. The van der Waals surface area contributed by atoms with E-state index in [-0.39, 0.29) is 27.7 Å². The number of carbonyl (C=O) groups excluding carboxylic acids is 1. The van der Waals surface area contributed by atoms with Gasteiger partial charge >= 0.3 is 0 Å². The Morgan fingerprint density at radius 1 is 0.871 bits per heavy atom. The van der Waals surface area contributed by atoms with Gasteiger partial charge in [0.2, 0.25) is 5.91 Å². The van der Waals surface area contributed by atoms with Crippen LogP contribution in [-0.2, 0) is 11.3 Å². The summed E-state index contributed by atoms with van der Waals surface area (Å²) in [7, 11) is 3.64. The number of aromatic amines is 2. The summed E-state index contributed by atoms with van der Waals surface area (Å²) in [4.78, 5) is 43.4. The number of aromatic nitrogens is 2. The number of rotatable bonds is 7. The van der Waals surface area contributed by atoms with Gasteiger partial charge in [-0.3, -0.25) is 19.8 Å². The van der Waals surface area contributed by atoms with Crippen molar-refractivity contribution in [1.82, 2.24) is 25.7 Å². The lowest BCUT2D eigenvalue weighted by Gasteiger charge is -2.11. The van der Waals surface area contributed by atoms with Gasteiger partial charge in [0, 0.05) is 6.54 Å². The average molecular weight is 419 g/mol. The maximum atomic E-state index is 12.4. The number of hydrogen-bond donors (Lipinski definition) is 4. The van der Waals surface area contributed by atoms with E-state index in [4.69, 9.17) is 0 Å². The molecule has 0 saturated carbocycles. The van der Waals surface area contributed by atoms with Gasteiger partial charge < -0.3 is 14.9 Å². The predicted octanol–water partition coefficient (Wildman–Crippen LogP) is -0.597. The van der Waals surface area contributed by atoms with Gasteiger partial charge in [-0.25, -0.2) is 5.43 Å². The van der Waals surface area contributed by atoms with Crippen LogP contribution in [0.15, 0.2) is 64.2 Å². The zero-order chi connectivity index (χ0) is 22.2. The van der Waals surface area contributed by atoms with Crippen molar-refractivity contribution < 1.29 is 4.79 Å². The molecule has 0 aliphatic carbocycles. The molecule has 1 amide bonds. The summed E-state index contributed by atoms with van der Waals surface area (Å²) in [6.07, 6.45) is 3.24. The Balaban J connectivity index is 1.73. The first-order valence-electron chi connectivity index (χ1n) is 9.77.